The molecule has 1 aliphatic heterocycles. The number of phenolic OH excluding ortho intramolecular Hbond substituents is 1. The molecular formula is C25H19Cl2N3O3S. The number of amides is 2. The van der Waals surface area contributed by atoms with Crippen LogP contribution in [0.3, 0.4) is 0 Å². The summed E-state index contributed by atoms with van der Waals surface area (Å²) in [7, 11) is 0. The Morgan fingerprint density at radius 3 is 2.32 bits per heavy atom. The van der Waals surface area contributed by atoms with Gasteiger partial charge in [-0.15, -0.1) is 0 Å². The molecule has 0 aromatic heterocycles. The van der Waals surface area contributed by atoms with Crippen LogP contribution in [0.1, 0.15) is 22.3 Å². The third kappa shape index (κ3) is 5.33. The highest BCUT2D eigenvalue weighted by Gasteiger charge is 2.35. The third-order valence-electron chi connectivity index (χ3n) is 5.27. The molecule has 2 amide bonds. The van der Waals surface area contributed by atoms with Crippen LogP contribution in [0, 0.1) is 13.8 Å². The predicted octanol–water partition coefficient (Wildman–Crippen LogP) is 7.97. The van der Waals surface area contributed by atoms with Gasteiger partial charge in [0.15, 0.2) is 0 Å². The Balaban J connectivity index is 1.55. The number of imide groups is 1. The largest absolute Gasteiger partial charge is 0.507 e. The first-order valence-corrected chi connectivity index (χ1v) is 11.8. The monoisotopic (exact) mass is 511 g/mol. The quantitative estimate of drug-likeness (QED) is 0.278. The summed E-state index contributed by atoms with van der Waals surface area (Å²) in [6.45, 7) is 4.09. The molecule has 0 saturated carbocycles. The van der Waals surface area contributed by atoms with Crippen molar-refractivity contribution in [3.8, 4) is 5.75 Å². The van der Waals surface area contributed by atoms with Gasteiger partial charge in [0.1, 0.15) is 5.75 Å². The molecule has 172 valence electrons. The average molecular weight is 512 g/mol. The summed E-state index contributed by atoms with van der Waals surface area (Å²) in [6.07, 6.45) is 1.48. The minimum atomic E-state index is -0.456. The van der Waals surface area contributed by atoms with Crippen LogP contribution >= 0.6 is 35.0 Å². The van der Waals surface area contributed by atoms with Gasteiger partial charge in [-0.1, -0.05) is 35.3 Å². The summed E-state index contributed by atoms with van der Waals surface area (Å²) in [5, 5.41) is 19.1. The maximum atomic E-state index is 12.9. The standard InChI is InChI=1S/C25H19Cl2N3O3S/c1-14-3-5-18(9-15(14)2)28-29-19-6-8-22(31)17(11-19)12-23-24(32)30(25(33)34-23)13-16-4-7-20(26)21(27)10-16/h3-12,31H,13H2,1-2H3/b23-12-,29-28?. The molecule has 9 heteroatoms. The van der Waals surface area contributed by atoms with Crippen LogP contribution in [0.5, 0.6) is 5.75 Å². The molecule has 3 aromatic carbocycles. The fraction of sp³-hybridized carbons (Fsp3) is 0.120. The van der Waals surface area contributed by atoms with E-state index in [0.29, 0.717) is 32.5 Å². The van der Waals surface area contributed by atoms with Gasteiger partial charge in [-0.25, -0.2) is 0 Å². The molecule has 1 heterocycles. The molecule has 3 aromatic rings. The van der Waals surface area contributed by atoms with Crippen molar-refractivity contribution in [2.24, 2.45) is 10.2 Å². The van der Waals surface area contributed by atoms with Gasteiger partial charge in [-0.05, 0) is 90.8 Å². The van der Waals surface area contributed by atoms with Crippen molar-refractivity contribution in [2.75, 3.05) is 0 Å². The number of halogens is 2. The Morgan fingerprint density at radius 2 is 1.62 bits per heavy atom. The Labute approximate surface area is 210 Å². The van der Waals surface area contributed by atoms with Gasteiger partial charge in [-0.3, -0.25) is 14.5 Å². The Hall–Kier alpha value is -3.13. The van der Waals surface area contributed by atoms with E-state index in [1.807, 2.05) is 32.0 Å². The number of hydrogen-bond acceptors (Lipinski definition) is 6. The number of hydrogen-bond donors (Lipinski definition) is 1. The van der Waals surface area contributed by atoms with E-state index in [1.165, 1.54) is 17.7 Å². The number of aryl methyl sites for hydroxylation is 2. The molecule has 0 spiro atoms. The predicted molar refractivity (Wildman–Crippen MR) is 136 cm³/mol. The maximum Gasteiger partial charge on any atom is 0.293 e. The van der Waals surface area contributed by atoms with Gasteiger partial charge in [0, 0.05) is 5.56 Å². The van der Waals surface area contributed by atoms with Crippen molar-refractivity contribution < 1.29 is 14.7 Å². The number of nitrogens with zero attached hydrogens (tertiary/aromatic N) is 3. The number of phenols is 1. The minimum absolute atomic E-state index is 0.0404. The van der Waals surface area contributed by atoms with Gasteiger partial charge in [-0.2, -0.15) is 10.2 Å². The first-order chi connectivity index (χ1) is 16.2. The number of rotatable bonds is 5. The molecule has 0 bridgehead atoms. The molecule has 6 nitrogen and oxygen atoms in total. The van der Waals surface area contributed by atoms with E-state index in [1.54, 1.807) is 30.3 Å². The van der Waals surface area contributed by atoms with E-state index < -0.39 is 11.1 Å². The van der Waals surface area contributed by atoms with Crippen LogP contribution < -0.4 is 0 Å². The molecule has 0 atom stereocenters. The van der Waals surface area contributed by atoms with Crippen molar-refractivity contribution >= 4 is 63.6 Å². The SMILES string of the molecule is Cc1ccc(N=Nc2ccc(O)c(/C=C3\SC(=O)N(Cc4ccc(Cl)c(Cl)c4)C3=O)c2)cc1C. The number of carbonyl (C=O) groups excluding carboxylic acids is 2. The summed E-state index contributed by atoms with van der Waals surface area (Å²) < 4.78 is 0. The number of azo groups is 1. The zero-order valence-electron chi connectivity index (χ0n) is 18.3. The second-order valence-corrected chi connectivity index (χ2v) is 9.54. The Kier molecular flexibility index (Phi) is 7.07. The van der Waals surface area contributed by atoms with Gasteiger partial charge < -0.3 is 5.11 Å². The summed E-state index contributed by atoms with van der Waals surface area (Å²) in [6, 6.07) is 15.4. The van der Waals surface area contributed by atoms with E-state index in [4.69, 9.17) is 23.2 Å². The third-order valence-corrected chi connectivity index (χ3v) is 6.91. The van der Waals surface area contributed by atoms with Crippen LogP contribution in [-0.2, 0) is 11.3 Å². The van der Waals surface area contributed by atoms with Crippen LogP contribution in [0.4, 0.5) is 16.2 Å². The first kappa shape index (κ1) is 24.0. The lowest BCUT2D eigenvalue weighted by molar-refractivity contribution is -0.123. The van der Waals surface area contributed by atoms with Crippen molar-refractivity contribution in [1.29, 1.82) is 0 Å². The lowest BCUT2D eigenvalue weighted by atomic mass is 10.1. The lowest BCUT2D eigenvalue weighted by Gasteiger charge is -2.13. The van der Waals surface area contributed by atoms with Crippen LogP contribution in [0.2, 0.25) is 10.0 Å². The molecule has 0 unspecified atom stereocenters. The summed E-state index contributed by atoms with van der Waals surface area (Å²) in [5.74, 6) is -0.496. The van der Waals surface area contributed by atoms with Gasteiger partial charge >= 0.3 is 0 Å². The highest BCUT2D eigenvalue weighted by molar-refractivity contribution is 8.18. The Bertz CT molecular complexity index is 1370. The molecule has 4 rings (SSSR count). The highest BCUT2D eigenvalue weighted by Crippen LogP contribution is 2.36. The van der Waals surface area contributed by atoms with Crippen LogP contribution in [0.25, 0.3) is 6.08 Å². The zero-order valence-corrected chi connectivity index (χ0v) is 20.6. The topological polar surface area (TPSA) is 82.3 Å². The zero-order chi connectivity index (χ0) is 24.4. The number of aromatic hydroxyl groups is 1. The average Bonchev–Trinajstić information content (AvgIpc) is 3.06. The van der Waals surface area contributed by atoms with E-state index in [9.17, 15) is 14.7 Å². The molecular weight excluding hydrogens is 493 g/mol. The molecule has 0 aliphatic carbocycles. The van der Waals surface area contributed by atoms with Crippen LogP contribution in [-0.4, -0.2) is 21.2 Å². The molecule has 1 fully saturated rings. The van der Waals surface area contributed by atoms with Crippen molar-refractivity contribution in [2.45, 2.75) is 20.4 Å². The van der Waals surface area contributed by atoms with E-state index in [0.717, 1.165) is 22.2 Å². The molecule has 1 saturated heterocycles. The summed E-state index contributed by atoms with van der Waals surface area (Å²) in [5.41, 5.74) is 4.52. The number of benzene rings is 3. The lowest BCUT2D eigenvalue weighted by Crippen LogP contribution is -2.27. The maximum absolute atomic E-state index is 12.9. The fourth-order valence-electron chi connectivity index (χ4n) is 3.22. The number of carbonyl (C=O) groups is 2. The smallest absolute Gasteiger partial charge is 0.293 e. The molecule has 1 N–H and O–H groups in total. The molecule has 34 heavy (non-hydrogen) atoms. The highest BCUT2D eigenvalue weighted by atomic mass is 35.5. The minimum Gasteiger partial charge on any atom is -0.507 e. The van der Waals surface area contributed by atoms with Gasteiger partial charge in [0.2, 0.25) is 0 Å². The summed E-state index contributed by atoms with van der Waals surface area (Å²) >= 11 is 12.8. The Morgan fingerprint density at radius 1 is 0.912 bits per heavy atom. The van der Waals surface area contributed by atoms with Crippen molar-refractivity contribution in [3.05, 3.63) is 91.8 Å². The normalized spacial score (nSPS) is 15.2. The second-order valence-electron chi connectivity index (χ2n) is 7.73. The van der Waals surface area contributed by atoms with E-state index in [-0.39, 0.29) is 17.2 Å². The number of thioether (sulfide) groups is 1. The van der Waals surface area contributed by atoms with Crippen molar-refractivity contribution in [3.63, 3.8) is 0 Å². The van der Waals surface area contributed by atoms with E-state index in [2.05, 4.69) is 10.2 Å². The first-order valence-electron chi connectivity index (χ1n) is 10.2. The second kappa shape index (κ2) is 10.0. The molecule has 0 radical (unpaired) electrons. The van der Waals surface area contributed by atoms with Gasteiger partial charge in [0.25, 0.3) is 11.1 Å². The summed E-state index contributed by atoms with van der Waals surface area (Å²) in [4.78, 5) is 26.7. The van der Waals surface area contributed by atoms with Crippen molar-refractivity contribution in [1.82, 2.24) is 4.90 Å². The fourth-order valence-corrected chi connectivity index (χ4v) is 4.37. The van der Waals surface area contributed by atoms with E-state index >= 15 is 0 Å². The molecule has 1 aliphatic rings. The van der Waals surface area contributed by atoms with Gasteiger partial charge in [0.05, 0.1) is 32.9 Å². The van der Waals surface area contributed by atoms with Crippen LogP contribution in [0.15, 0.2) is 69.7 Å².